The molecule has 3 N–H and O–H groups in total. The Morgan fingerprint density at radius 2 is 2.32 bits per heavy atom. The molecule has 2 amide bonds. The number of carboxylic acid groups (broad SMARTS) is 1. The van der Waals surface area contributed by atoms with Crippen LogP contribution < -0.4 is 10.6 Å². The molecule has 0 aromatic carbocycles. The first-order valence-corrected chi connectivity index (χ1v) is 7.13. The summed E-state index contributed by atoms with van der Waals surface area (Å²) >= 11 is 1.49. The number of rotatable bonds is 4. The summed E-state index contributed by atoms with van der Waals surface area (Å²) in [7, 11) is 0. The number of nitrogens with one attached hydrogen (secondary N) is 2. The third-order valence-electron chi connectivity index (χ3n) is 3.29. The van der Waals surface area contributed by atoms with Crippen LogP contribution in [-0.2, 0) is 4.79 Å². The van der Waals surface area contributed by atoms with E-state index in [1.807, 2.05) is 12.3 Å². The molecule has 1 fully saturated rings. The van der Waals surface area contributed by atoms with E-state index in [9.17, 15) is 9.59 Å². The number of hydrogen-bond acceptors (Lipinski definition) is 4. The molecule has 3 atom stereocenters. The minimum Gasteiger partial charge on any atom is -0.481 e. The van der Waals surface area contributed by atoms with Crippen molar-refractivity contribution < 1.29 is 14.7 Å². The lowest BCUT2D eigenvalue weighted by molar-refractivity contribution is -0.141. The van der Waals surface area contributed by atoms with Gasteiger partial charge in [0.2, 0.25) is 0 Å². The molecule has 1 saturated carbocycles. The molecule has 0 bridgehead atoms. The fourth-order valence-electron chi connectivity index (χ4n) is 2.27. The summed E-state index contributed by atoms with van der Waals surface area (Å²) in [5.74, 6) is -1.11. The molecule has 0 aliphatic heterocycles. The zero-order valence-electron chi connectivity index (χ0n) is 10.6. The van der Waals surface area contributed by atoms with Gasteiger partial charge in [-0.25, -0.2) is 9.78 Å². The van der Waals surface area contributed by atoms with E-state index >= 15 is 0 Å². The topological polar surface area (TPSA) is 91.3 Å². The van der Waals surface area contributed by atoms with Crippen LogP contribution in [0.5, 0.6) is 0 Å². The van der Waals surface area contributed by atoms with E-state index < -0.39 is 5.97 Å². The maximum atomic E-state index is 11.8. The Morgan fingerprint density at radius 3 is 2.89 bits per heavy atom. The van der Waals surface area contributed by atoms with Gasteiger partial charge < -0.3 is 15.7 Å². The third-order valence-corrected chi connectivity index (χ3v) is 4.24. The zero-order chi connectivity index (χ0) is 13.8. The molecule has 1 aromatic heterocycles. The van der Waals surface area contributed by atoms with E-state index in [4.69, 9.17) is 5.11 Å². The number of hydrogen-bond donors (Lipinski definition) is 3. The van der Waals surface area contributed by atoms with Gasteiger partial charge >= 0.3 is 12.0 Å². The summed E-state index contributed by atoms with van der Waals surface area (Å²) in [6.45, 7) is 1.87. The van der Waals surface area contributed by atoms with Crippen LogP contribution in [0.1, 0.15) is 37.2 Å². The van der Waals surface area contributed by atoms with Gasteiger partial charge in [-0.15, -0.1) is 11.3 Å². The highest BCUT2D eigenvalue weighted by Gasteiger charge is 2.30. The fraction of sp³-hybridized carbons (Fsp3) is 0.583. The van der Waals surface area contributed by atoms with E-state index in [0.29, 0.717) is 12.8 Å². The van der Waals surface area contributed by atoms with Gasteiger partial charge in [0.25, 0.3) is 0 Å². The monoisotopic (exact) mass is 283 g/mol. The molecule has 1 aromatic rings. The standard InChI is InChI=1S/C12H17N3O3S/c1-7(10-13-4-5-19-10)14-12(18)15-9-3-2-8(6-9)11(16)17/h4-5,7-9H,2-3,6H2,1H3,(H,16,17)(H2,14,15,18). The van der Waals surface area contributed by atoms with Crippen molar-refractivity contribution in [3.63, 3.8) is 0 Å². The van der Waals surface area contributed by atoms with E-state index in [-0.39, 0.29) is 24.0 Å². The molecule has 1 aliphatic carbocycles. The second kappa shape index (κ2) is 6.01. The SMILES string of the molecule is CC(NC(=O)NC1CCC(C(=O)O)C1)c1nccs1. The van der Waals surface area contributed by atoms with Gasteiger partial charge in [0, 0.05) is 17.6 Å². The van der Waals surface area contributed by atoms with Gasteiger partial charge in [-0.05, 0) is 26.2 Å². The molecule has 1 aliphatic rings. The minimum atomic E-state index is -0.777. The number of carbonyl (C=O) groups excluding carboxylic acids is 1. The molecule has 0 saturated heterocycles. The number of urea groups is 1. The number of carboxylic acids is 1. The van der Waals surface area contributed by atoms with Crippen LogP contribution in [-0.4, -0.2) is 28.1 Å². The smallest absolute Gasteiger partial charge is 0.315 e. The van der Waals surface area contributed by atoms with E-state index in [0.717, 1.165) is 11.4 Å². The third kappa shape index (κ3) is 3.66. The molecular formula is C12H17N3O3S. The fourth-order valence-corrected chi connectivity index (χ4v) is 2.92. The van der Waals surface area contributed by atoms with Gasteiger partial charge in [0.1, 0.15) is 5.01 Å². The van der Waals surface area contributed by atoms with Gasteiger partial charge in [-0.1, -0.05) is 0 Å². The number of carbonyl (C=O) groups is 2. The summed E-state index contributed by atoms with van der Waals surface area (Å²) in [5, 5.41) is 17.2. The van der Waals surface area contributed by atoms with Crippen LogP contribution in [0.2, 0.25) is 0 Å². The molecule has 7 heteroatoms. The van der Waals surface area contributed by atoms with Gasteiger partial charge in [0.15, 0.2) is 0 Å². The van der Waals surface area contributed by atoms with Crippen LogP contribution in [0.4, 0.5) is 4.79 Å². The predicted molar refractivity (Wildman–Crippen MR) is 71.0 cm³/mol. The van der Waals surface area contributed by atoms with Gasteiger partial charge in [-0.3, -0.25) is 4.79 Å². The van der Waals surface area contributed by atoms with E-state index in [1.165, 1.54) is 11.3 Å². The van der Waals surface area contributed by atoms with Crippen molar-refractivity contribution in [1.29, 1.82) is 0 Å². The lowest BCUT2D eigenvalue weighted by atomic mass is 10.1. The predicted octanol–water partition coefficient (Wildman–Crippen LogP) is 1.76. The molecular weight excluding hydrogens is 266 g/mol. The molecule has 0 radical (unpaired) electrons. The second-order valence-electron chi connectivity index (χ2n) is 4.75. The highest BCUT2D eigenvalue weighted by molar-refractivity contribution is 7.09. The zero-order valence-corrected chi connectivity index (χ0v) is 11.4. The van der Waals surface area contributed by atoms with E-state index in [2.05, 4.69) is 15.6 Å². The highest BCUT2D eigenvalue weighted by atomic mass is 32.1. The van der Waals surface area contributed by atoms with Crippen molar-refractivity contribution in [3.05, 3.63) is 16.6 Å². The average Bonchev–Trinajstić information content (AvgIpc) is 2.98. The quantitative estimate of drug-likeness (QED) is 0.785. The van der Waals surface area contributed by atoms with Crippen molar-refractivity contribution in [3.8, 4) is 0 Å². The summed E-state index contributed by atoms with van der Waals surface area (Å²) in [6, 6.07) is -0.458. The molecule has 104 valence electrons. The van der Waals surface area contributed by atoms with Crippen molar-refractivity contribution >= 4 is 23.3 Å². The molecule has 19 heavy (non-hydrogen) atoms. The van der Waals surface area contributed by atoms with Crippen molar-refractivity contribution in [2.24, 2.45) is 5.92 Å². The average molecular weight is 283 g/mol. The Morgan fingerprint density at radius 1 is 1.53 bits per heavy atom. The maximum absolute atomic E-state index is 11.8. The first kappa shape index (κ1) is 13.8. The molecule has 6 nitrogen and oxygen atoms in total. The highest BCUT2D eigenvalue weighted by Crippen LogP contribution is 2.25. The number of aliphatic carboxylic acids is 1. The normalized spacial score (nSPS) is 23.8. The van der Waals surface area contributed by atoms with Crippen LogP contribution in [0.25, 0.3) is 0 Å². The van der Waals surface area contributed by atoms with Crippen LogP contribution in [0.15, 0.2) is 11.6 Å². The largest absolute Gasteiger partial charge is 0.481 e. The van der Waals surface area contributed by atoms with Crippen molar-refractivity contribution in [2.75, 3.05) is 0 Å². The Hall–Kier alpha value is -1.63. The summed E-state index contributed by atoms with van der Waals surface area (Å²) in [5.41, 5.74) is 0. The maximum Gasteiger partial charge on any atom is 0.315 e. The molecule has 2 rings (SSSR count). The van der Waals surface area contributed by atoms with Gasteiger partial charge in [0.05, 0.1) is 12.0 Å². The lowest BCUT2D eigenvalue weighted by Gasteiger charge is -2.16. The first-order chi connectivity index (χ1) is 9.06. The Labute approximate surface area is 115 Å². The second-order valence-corrected chi connectivity index (χ2v) is 5.68. The number of nitrogens with zero attached hydrogens (tertiary/aromatic N) is 1. The van der Waals surface area contributed by atoms with E-state index in [1.54, 1.807) is 6.20 Å². The Bertz CT molecular complexity index is 449. The number of aromatic nitrogens is 1. The van der Waals surface area contributed by atoms with Crippen molar-refractivity contribution in [2.45, 2.75) is 38.3 Å². The van der Waals surface area contributed by atoms with Gasteiger partial charge in [-0.2, -0.15) is 0 Å². The van der Waals surface area contributed by atoms with Crippen LogP contribution in [0.3, 0.4) is 0 Å². The minimum absolute atomic E-state index is 0.0513. The van der Waals surface area contributed by atoms with Crippen LogP contribution in [0, 0.1) is 5.92 Å². The first-order valence-electron chi connectivity index (χ1n) is 6.25. The van der Waals surface area contributed by atoms with Crippen molar-refractivity contribution in [1.82, 2.24) is 15.6 Å². The number of thiazole rings is 1. The summed E-state index contributed by atoms with van der Waals surface area (Å²) < 4.78 is 0. The molecule has 0 spiro atoms. The molecule has 3 unspecified atom stereocenters. The molecule has 1 heterocycles. The van der Waals surface area contributed by atoms with Crippen LogP contribution >= 0.6 is 11.3 Å². The Balaban J connectivity index is 1.78. The number of amides is 2. The lowest BCUT2D eigenvalue weighted by Crippen LogP contribution is -2.42. The summed E-state index contributed by atoms with van der Waals surface area (Å²) in [6.07, 6.45) is 3.55. The Kier molecular flexibility index (Phi) is 4.36. The summed E-state index contributed by atoms with van der Waals surface area (Å²) in [4.78, 5) is 26.8.